The number of aromatic nitrogens is 1. The minimum atomic E-state index is -0.983. The molecule has 1 saturated carbocycles. The Morgan fingerprint density at radius 1 is 1.16 bits per heavy atom. The van der Waals surface area contributed by atoms with E-state index in [4.69, 9.17) is 14.2 Å². The predicted octanol–water partition coefficient (Wildman–Crippen LogP) is 5.79. The van der Waals surface area contributed by atoms with Gasteiger partial charge >= 0.3 is 18.0 Å². The quantitative estimate of drug-likeness (QED) is 0.256. The highest BCUT2D eigenvalue weighted by atomic mass is 16.6. The lowest BCUT2D eigenvalue weighted by Gasteiger charge is -2.36. The van der Waals surface area contributed by atoms with E-state index in [1.54, 1.807) is 26.8 Å². The normalized spacial score (nSPS) is 20.9. The second-order valence-corrected chi connectivity index (χ2v) is 11.6. The first-order valence-corrected chi connectivity index (χ1v) is 13.4. The minimum Gasteiger partial charge on any atom is -0.467 e. The van der Waals surface area contributed by atoms with E-state index in [2.05, 4.69) is 31.1 Å². The molecule has 0 radical (unpaired) electrons. The van der Waals surface area contributed by atoms with Gasteiger partial charge in [-0.25, -0.2) is 14.4 Å². The van der Waals surface area contributed by atoms with Gasteiger partial charge in [0.2, 0.25) is 0 Å². The highest BCUT2D eigenvalue weighted by molar-refractivity contribution is 5.92. The van der Waals surface area contributed by atoms with Gasteiger partial charge in [0.05, 0.1) is 7.11 Å². The molecule has 1 aliphatic carbocycles. The average molecular weight is 527 g/mol. The Labute approximate surface area is 225 Å². The van der Waals surface area contributed by atoms with Crippen molar-refractivity contribution in [1.82, 2.24) is 10.3 Å². The Balaban J connectivity index is 1.84. The molecule has 2 N–H and O–H groups in total. The van der Waals surface area contributed by atoms with Crippen LogP contribution in [0, 0.1) is 17.8 Å². The first kappa shape index (κ1) is 29.3. The Bertz CT molecular complexity index is 1160. The summed E-state index contributed by atoms with van der Waals surface area (Å²) < 4.78 is 16.2. The summed E-state index contributed by atoms with van der Waals surface area (Å²) in [7, 11) is 1.27. The second kappa shape index (κ2) is 12.5. The second-order valence-electron chi connectivity index (χ2n) is 11.6. The molecule has 1 aliphatic rings. The number of esters is 2. The number of H-pyrrole nitrogens is 1. The van der Waals surface area contributed by atoms with Crippen LogP contribution < -0.4 is 5.32 Å². The maximum Gasteiger partial charge on any atom is 0.408 e. The van der Waals surface area contributed by atoms with Crippen LogP contribution in [0.4, 0.5) is 4.79 Å². The number of ether oxygens (including phenoxy) is 3. The van der Waals surface area contributed by atoms with E-state index >= 15 is 0 Å². The number of fused-ring (bicyclic) bond motifs is 1. The molecule has 208 valence electrons. The van der Waals surface area contributed by atoms with Crippen LogP contribution in [0.1, 0.15) is 72.1 Å². The van der Waals surface area contributed by atoms with Gasteiger partial charge in [-0.05, 0) is 69.1 Å². The molecule has 8 heteroatoms. The first-order valence-electron chi connectivity index (χ1n) is 13.4. The lowest BCUT2D eigenvalue weighted by atomic mass is 9.75. The molecule has 38 heavy (non-hydrogen) atoms. The van der Waals surface area contributed by atoms with Crippen LogP contribution >= 0.6 is 0 Å². The van der Waals surface area contributed by atoms with Crippen LogP contribution in [0.15, 0.2) is 30.3 Å². The number of hydrogen-bond donors (Lipinski definition) is 2. The van der Waals surface area contributed by atoms with Crippen LogP contribution in [-0.4, -0.2) is 47.9 Å². The molecule has 1 fully saturated rings. The number of alkyl carbamates (subject to hydrolysis) is 1. The van der Waals surface area contributed by atoms with E-state index in [-0.39, 0.29) is 12.5 Å². The molecule has 8 nitrogen and oxygen atoms in total. The van der Waals surface area contributed by atoms with Gasteiger partial charge in [-0.3, -0.25) is 0 Å². The van der Waals surface area contributed by atoms with Gasteiger partial charge in [0.25, 0.3) is 0 Å². The monoisotopic (exact) mass is 526 g/mol. The number of carbonyl (C=O) groups excluding carboxylic acids is 3. The molecule has 0 saturated heterocycles. The van der Waals surface area contributed by atoms with Crippen LogP contribution in [-0.2, 0) is 30.2 Å². The predicted molar refractivity (Wildman–Crippen MR) is 147 cm³/mol. The fourth-order valence-corrected chi connectivity index (χ4v) is 5.16. The van der Waals surface area contributed by atoms with Crippen molar-refractivity contribution in [2.24, 2.45) is 17.8 Å². The molecule has 4 atom stereocenters. The highest BCUT2D eigenvalue weighted by Crippen LogP contribution is 2.35. The zero-order valence-corrected chi connectivity index (χ0v) is 23.6. The van der Waals surface area contributed by atoms with Gasteiger partial charge in [-0.1, -0.05) is 45.4 Å². The number of methoxy groups -OCH3 is 1. The van der Waals surface area contributed by atoms with Crippen LogP contribution in [0.5, 0.6) is 0 Å². The van der Waals surface area contributed by atoms with Gasteiger partial charge in [0.1, 0.15) is 17.7 Å². The average Bonchev–Trinajstić information content (AvgIpc) is 3.17. The fourth-order valence-electron chi connectivity index (χ4n) is 5.16. The van der Waals surface area contributed by atoms with Crippen molar-refractivity contribution in [2.75, 3.05) is 7.11 Å². The third kappa shape index (κ3) is 7.85. The summed E-state index contributed by atoms with van der Waals surface area (Å²) in [5.41, 5.74) is 1.55. The first-order chi connectivity index (χ1) is 17.9. The Kier molecular flexibility index (Phi) is 9.63. The van der Waals surface area contributed by atoms with E-state index in [9.17, 15) is 14.4 Å². The molecule has 1 unspecified atom stereocenters. The zero-order chi connectivity index (χ0) is 28.0. The molecule has 0 bridgehead atoms. The van der Waals surface area contributed by atoms with Crippen molar-refractivity contribution in [3.8, 4) is 0 Å². The number of carbonyl (C=O) groups is 3. The Hall–Kier alpha value is -3.29. The standard InChI is InChI=1S/C30H42N2O6/c1-18(2)20-13-12-19(3)16-26(20)37-27(33)15-14-24-22(21-10-8-9-11-23(21)31-24)17-25(28(34)36-7)32-29(35)38-30(4,5)6/h8-11,14-15,18-20,25-26,31H,12-13,16-17H2,1-7H3,(H,32,35)/b15-14+/t19-,20+,25+,26?/m1/s1. The molecule has 1 heterocycles. The Morgan fingerprint density at radius 3 is 2.53 bits per heavy atom. The van der Waals surface area contributed by atoms with Crippen LogP contribution in [0.2, 0.25) is 0 Å². The third-order valence-electron chi connectivity index (χ3n) is 7.05. The number of amides is 1. The molecule has 0 spiro atoms. The Morgan fingerprint density at radius 2 is 1.87 bits per heavy atom. The number of aromatic amines is 1. The summed E-state index contributed by atoms with van der Waals surface area (Å²) in [6, 6.07) is 6.65. The molecule has 0 aliphatic heterocycles. The third-order valence-corrected chi connectivity index (χ3v) is 7.05. The van der Waals surface area contributed by atoms with Crippen molar-refractivity contribution in [3.05, 3.63) is 41.6 Å². The summed E-state index contributed by atoms with van der Waals surface area (Å²) in [5.74, 6) is 0.335. The summed E-state index contributed by atoms with van der Waals surface area (Å²) >= 11 is 0. The summed E-state index contributed by atoms with van der Waals surface area (Å²) in [4.78, 5) is 41.2. The smallest absolute Gasteiger partial charge is 0.408 e. The lowest BCUT2D eigenvalue weighted by molar-refractivity contribution is -0.149. The van der Waals surface area contributed by atoms with E-state index in [0.717, 1.165) is 35.7 Å². The summed E-state index contributed by atoms with van der Waals surface area (Å²) in [5, 5.41) is 3.50. The number of benzene rings is 1. The van der Waals surface area contributed by atoms with Gasteiger partial charge in [0.15, 0.2) is 0 Å². The molecular weight excluding hydrogens is 484 g/mol. The zero-order valence-electron chi connectivity index (χ0n) is 23.6. The number of nitrogens with one attached hydrogen (secondary N) is 2. The van der Waals surface area contributed by atoms with Crippen molar-refractivity contribution >= 4 is 35.0 Å². The van der Waals surface area contributed by atoms with E-state index in [1.807, 2.05) is 24.3 Å². The number of rotatable bonds is 8. The van der Waals surface area contributed by atoms with E-state index in [0.29, 0.717) is 23.4 Å². The van der Waals surface area contributed by atoms with Crippen molar-refractivity contribution < 1.29 is 28.6 Å². The van der Waals surface area contributed by atoms with Gasteiger partial charge in [-0.15, -0.1) is 0 Å². The lowest BCUT2D eigenvalue weighted by Crippen LogP contribution is -2.45. The molecule has 3 rings (SSSR count). The summed E-state index contributed by atoms with van der Waals surface area (Å²) in [6.07, 6.45) is 5.53. The molecule has 1 aromatic carbocycles. The topological polar surface area (TPSA) is 107 Å². The van der Waals surface area contributed by atoms with E-state index < -0.39 is 29.7 Å². The van der Waals surface area contributed by atoms with E-state index in [1.165, 1.54) is 13.2 Å². The van der Waals surface area contributed by atoms with Crippen molar-refractivity contribution in [1.29, 1.82) is 0 Å². The molecule has 2 aromatic rings. The maximum atomic E-state index is 12.9. The number of hydrogen-bond acceptors (Lipinski definition) is 6. The maximum absolute atomic E-state index is 12.9. The van der Waals surface area contributed by atoms with Crippen molar-refractivity contribution in [2.45, 2.75) is 85.0 Å². The molecular formula is C30H42N2O6. The summed E-state index contributed by atoms with van der Waals surface area (Å²) in [6.45, 7) is 11.8. The van der Waals surface area contributed by atoms with Gasteiger partial charge < -0.3 is 24.5 Å². The SMILES string of the molecule is COC(=O)[C@H](Cc1c(/C=C/C(=O)OC2C[C@H](C)CC[C@H]2C(C)C)[nH]c2ccccc12)NC(=O)OC(C)(C)C. The number of para-hydroxylation sites is 1. The van der Waals surface area contributed by atoms with Crippen LogP contribution in [0.3, 0.4) is 0 Å². The van der Waals surface area contributed by atoms with Crippen molar-refractivity contribution in [3.63, 3.8) is 0 Å². The fraction of sp³-hybridized carbons (Fsp3) is 0.567. The minimum absolute atomic E-state index is 0.0974. The molecule has 1 amide bonds. The largest absolute Gasteiger partial charge is 0.467 e. The molecule has 1 aromatic heterocycles. The highest BCUT2D eigenvalue weighted by Gasteiger charge is 2.33. The van der Waals surface area contributed by atoms with Crippen LogP contribution in [0.25, 0.3) is 17.0 Å². The van der Waals surface area contributed by atoms with Gasteiger partial charge in [0, 0.05) is 29.1 Å². The van der Waals surface area contributed by atoms with Gasteiger partial charge in [-0.2, -0.15) is 0 Å².